The average molecular weight is 484 g/mol. The predicted octanol–water partition coefficient (Wildman–Crippen LogP) is 4.32. The van der Waals surface area contributed by atoms with Gasteiger partial charge in [0.25, 0.3) is 0 Å². The van der Waals surface area contributed by atoms with Gasteiger partial charge in [-0.3, -0.25) is 5.41 Å². The second-order valence-electron chi connectivity index (χ2n) is 7.44. The van der Waals surface area contributed by atoms with E-state index in [0.29, 0.717) is 22.6 Å². The van der Waals surface area contributed by atoms with Gasteiger partial charge in [-0.2, -0.15) is 0 Å². The smallest absolute Gasteiger partial charge is 0.333 e. The van der Waals surface area contributed by atoms with Crippen LogP contribution in [0.15, 0.2) is 66.7 Å². The molecule has 34 heavy (non-hydrogen) atoms. The third-order valence-corrected chi connectivity index (χ3v) is 5.26. The number of hydrogen-bond acceptors (Lipinski definition) is 6. The van der Waals surface area contributed by atoms with Crippen molar-refractivity contribution >= 4 is 29.9 Å². The van der Waals surface area contributed by atoms with Gasteiger partial charge >= 0.3 is 5.97 Å². The van der Waals surface area contributed by atoms with Crippen LogP contribution in [0.25, 0.3) is 11.1 Å². The van der Waals surface area contributed by atoms with Gasteiger partial charge in [0.15, 0.2) is 6.04 Å². The summed E-state index contributed by atoms with van der Waals surface area (Å²) in [7, 11) is 1.34. The zero-order chi connectivity index (χ0) is 23.8. The highest BCUT2D eigenvalue weighted by atomic mass is 35.5. The molecule has 0 aliphatic rings. The highest BCUT2D eigenvalue weighted by Crippen LogP contribution is 2.39. The summed E-state index contributed by atoms with van der Waals surface area (Å²) < 4.78 is 11.1. The molecular weight excluding hydrogens is 454 g/mol. The Balaban J connectivity index is 0.00000408. The Morgan fingerprint density at radius 2 is 1.79 bits per heavy atom. The molecule has 5 N–H and O–H groups in total. The van der Waals surface area contributed by atoms with Crippen molar-refractivity contribution in [1.29, 1.82) is 5.41 Å². The molecule has 0 saturated carbocycles. The number of amidine groups is 1. The minimum absolute atomic E-state index is 0. The molecule has 8 heteroatoms. The molecular formula is C26H30ClN3O4. The Morgan fingerprint density at radius 1 is 1.12 bits per heavy atom. The summed E-state index contributed by atoms with van der Waals surface area (Å²) in [5.41, 5.74) is 10.2. The zero-order valence-corrected chi connectivity index (χ0v) is 20.0. The second kappa shape index (κ2) is 12.6. The minimum Gasteiger partial charge on any atom is -0.490 e. The molecule has 0 amide bonds. The number of methoxy groups -OCH3 is 1. The molecule has 180 valence electrons. The van der Waals surface area contributed by atoms with Crippen molar-refractivity contribution < 1.29 is 19.4 Å². The van der Waals surface area contributed by atoms with E-state index in [0.717, 1.165) is 23.1 Å². The van der Waals surface area contributed by atoms with Crippen LogP contribution in [-0.2, 0) is 16.0 Å². The molecule has 0 fully saturated rings. The van der Waals surface area contributed by atoms with Crippen LogP contribution in [0, 0.1) is 5.41 Å². The molecule has 1 unspecified atom stereocenters. The quantitative estimate of drug-likeness (QED) is 0.194. The number of nitrogens with two attached hydrogens (primary N) is 1. The van der Waals surface area contributed by atoms with Crippen molar-refractivity contribution in [3.8, 4) is 16.9 Å². The lowest BCUT2D eigenvalue weighted by molar-refractivity contribution is -0.141. The molecule has 0 aliphatic heterocycles. The van der Waals surface area contributed by atoms with E-state index in [9.17, 15) is 9.90 Å². The monoisotopic (exact) mass is 483 g/mol. The van der Waals surface area contributed by atoms with Crippen molar-refractivity contribution in [3.05, 3.63) is 83.4 Å². The molecule has 3 aromatic carbocycles. The number of esters is 1. The van der Waals surface area contributed by atoms with Gasteiger partial charge in [0.1, 0.15) is 18.2 Å². The Morgan fingerprint density at radius 3 is 2.35 bits per heavy atom. The summed E-state index contributed by atoms with van der Waals surface area (Å²) in [5, 5.41) is 20.2. The van der Waals surface area contributed by atoms with E-state index >= 15 is 0 Å². The van der Waals surface area contributed by atoms with E-state index in [1.165, 1.54) is 7.11 Å². The van der Waals surface area contributed by atoms with Gasteiger partial charge in [-0.1, -0.05) is 37.3 Å². The number of hydrogen-bond donors (Lipinski definition) is 4. The maximum absolute atomic E-state index is 12.9. The average Bonchev–Trinajstić information content (AvgIpc) is 2.86. The third kappa shape index (κ3) is 6.27. The fourth-order valence-corrected chi connectivity index (χ4v) is 3.57. The van der Waals surface area contributed by atoms with E-state index in [2.05, 4.69) is 5.32 Å². The minimum atomic E-state index is -0.860. The van der Waals surface area contributed by atoms with Crippen LogP contribution in [-0.4, -0.2) is 37.2 Å². The molecule has 0 heterocycles. The van der Waals surface area contributed by atoms with E-state index in [-0.39, 0.29) is 31.5 Å². The van der Waals surface area contributed by atoms with Crippen LogP contribution in [0.2, 0.25) is 0 Å². The Labute approximate surface area is 205 Å². The lowest BCUT2D eigenvalue weighted by atomic mass is 9.93. The SMILES string of the molecule is CCc1cc(-c2ccccc2)c(OCCO)c(C(Nc2ccc(C(=N)N)cc2)C(=O)OC)c1.Cl. The fraction of sp³-hybridized carbons (Fsp3) is 0.231. The van der Waals surface area contributed by atoms with Crippen LogP contribution >= 0.6 is 12.4 Å². The molecule has 0 radical (unpaired) electrons. The summed E-state index contributed by atoms with van der Waals surface area (Å²) in [6.45, 7) is 1.97. The third-order valence-electron chi connectivity index (χ3n) is 5.26. The van der Waals surface area contributed by atoms with Gasteiger partial charge in [-0.25, -0.2) is 4.79 Å². The number of carbonyl (C=O) groups is 1. The first-order chi connectivity index (χ1) is 16.0. The molecule has 0 aromatic heterocycles. The summed E-state index contributed by atoms with van der Waals surface area (Å²) in [6, 6.07) is 19.8. The number of ether oxygens (including phenoxy) is 2. The van der Waals surface area contributed by atoms with Crippen molar-refractivity contribution in [1.82, 2.24) is 0 Å². The molecule has 7 nitrogen and oxygen atoms in total. The maximum atomic E-state index is 12.9. The molecule has 0 aliphatic carbocycles. The van der Waals surface area contributed by atoms with Crippen LogP contribution in [0.4, 0.5) is 5.69 Å². The summed E-state index contributed by atoms with van der Waals surface area (Å²) in [6.07, 6.45) is 0.758. The molecule has 0 spiro atoms. The van der Waals surface area contributed by atoms with Gasteiger partial charge in [0.05, 0.1) is 13.7 Å². The number of benzene rings is 3. The Hall–Kier alpha value is -3.55. The first-order valence-corrected chi connectivity index (χ1v) is 10.7. The Kier molecular flexibility index (Phi) is 9.92. The Bertz CT molecular complexity index is 1110. The van der Waals surface area contributed by atoms with Crippen molar-refractivity contribution in [3.63, 3.8) is 0 Å². The summed E-state index contributed by atoms with van der Waals surface area (Å²) in [5.74, 6) is -0.00336. The van der Waals surface area contributed by atoms with Crippen molar-refractivity contribution in [2.75, 3.05) is 25.6 Å². The molecule has 0 bridgehead atoms. The number of halogens is 1. The van der Waals surface area contributed by atoms with Crippen LogP contribution < -0.4 is 15.8 Å². The highest BCUT2D eigenvalue weighted by Gasteiger charge is 2.28. The van der Waals surface area contributed by atoms with Crippen molar-refractivity contribution in [2.24, 2.45) is 5.73 Å². The van der Waals surface area contributed by atoms with Gasteiger partial charge in [-0.15, -0.1) is 12.4 Å². The highest BCUT2D eigenvalue weighted by molar-refractivity contribution is 5.95. The van der Waals surface area contributed by atoms with E-state index in [4.69, 9.17) is 20.6 Å². The molecule has 3 rings (SSSR count). The standard InChI is InChI=1S/C26H29N3O4.ClH/c1-3-17-15-21(18-7-5-4-6-8-18)24(33-14-13-30)22(16-17)23(26(31)32-2)29-20-11-9-19(10-12-20)25(27)28;/h4-12,15-16,23,29-30H,3,13-14H2,1-2H3,(H3,27,28);1H. The van der Waals surface area contributed by atoms with E-state index in [1.807, 2.05) is 49.4 Å². The van der Waals surface area contributed by atoms with Crippen molar-refractivity contribution in [2.45, 2.75) is 19.4 Å². The molecule has 0 saturated heterocycles. The van der Waals surface area contributed by atoms with E-state index in [1.54, 1.807) is 24.3 Å². The largest absolute Gasteiger partial charge is 0.490 e. The zero-order valence-electron chi connectivity index (χ0n) is 19.2. The van der Waals surface area contributed by atoms with Gasteiger partial charge in [-0.05, 0) is 53.9 Å². The lowest BCUT2D eigenvalue weighted by Crippen LogP contribution is -2.24. The first-order valence-electron chi connectivity index (χ1n) is 10.7. The number of nitrogen functional groups attached to an aromatic ring is 1. The maximum Gasteiger partial charge on any atom is 0.333 e. The number of aliphatic hydroxyl groups is 1. The van der Waals surface area contributed by atoms with Crippen LogP contribution in [0.5, 0.6) is 5.75 Å². The number of aryl methyl sites for hydroxylation is 1. The fourth-order valence-electron chi connectivity index (χ4n) is 3.57. The van der Waals surface area contributed by atoms with Crippen LogP contribution in [0.3, 0.4) is 0 Å². The summed E-state index contributed by atoms with van der Waals surface area (Å²) >= 11 is 0. The predicted molar refractivity (Wildman–Crippen MR) is 137 cm³/mol. The lowest BCUT2D eigenvalue weighted by Gasteiger charge is -2.24. The topological polar surface area (TPSA) is 118 Å². The first kappa shape index (κ1) is 26.7. The second-order valence-corrected chi connectivity index (χ2v) is 7.44. The number of aliphatic hydroxyl groups excluding tert-OH is 1. The van der Waals surface area contributed by atoms with Gasteiger partial charge < -0.3 is 25.6 Å². The van der Waals surface area contributed by atoms with Crippen LogP contribution in [0.1, 0.15) is 29.7 Å². The number of anilines is 1. The van der Waals surface area contributed by atoms with E-state index < -0.39 is 12.0 Å². The number of carbonyl (C=O) groups excluding carboxylic acids is 1. The number of nitrogens with one attached hydrogen (secondary N) is 2. The molecule has 3 aromatic rings. The normalized spacial score (nSPS) is 11.1. The van der Waals surface area contributed by atoms with Gasteiger partial charge in [0, 0.05) is 22.4 Å². The van der Waals surface area contributed by atoms with Gasteiger partial charge in [0.2, 0.25) is 0 Å². The summed E-state index contributed by atoms with van der Waals surface area (Å²) in [4.78, 5) is 12.9. The number of rotatable bonds is 10. The molecule has 1 atom stereocenters.